The van der Waals surface area contributed by atoms with Gasteiger partial charge in [-0.25, -0.2) is 4.68 Å². The molecule has 0 aliphatic carbocycles. The maximum atomic E-state index is 12.9. The minimum absolute atomic E-state index is 0.00831. The van der Waals surface area contributed by atoms with Gasteiger partial charge in [-0.15, -0.1) is 0 Å². The van der Waals surface area contributed by atoms with E-state index in [9.17, 15) is 9.59 Å². The number of amides is 1. The lowest BCUT2D eigenvalue weighted by atomic mass is 9.95. The minimum Gasteiger partial charge on any atom is -0.376 e. The van der Waals surface area contributed by atoms with Crippen molar-refractivity contribution in [3.8, 4) is 0 Å². The Hall–Kier alpha value is -2.63. The number of anilines is 1. The van der Waals surface area contributed by atoms with Crippen LogP contribution in [0.15, 0.2) is 47.4 Å². The summed E-state index contributed by atoms with van der Waals surface area (Å²) in [6.07, 6.45) is 6.75. The Labute approximate surface area is 160 Å². The summed E-state index contributed by atoms with van der Waals surface area (Å²) in [5.74, 6) is -0.0139. The molecule has 0 radical (unpaired) electrons. The number of carbonyl (C=O) groups excluding carboxylic acids is 1. The van der Waals surface area contributed by atoms with E-state index in [0.29, 0.717) is 0 Å². The zero-order chi connectivity index (χ0) is 19.2. The molecule has 0 spiro atoms. The molecular weight excluding hydrogens is 340 g/mol. The summed E-state index contributed by atoms with van der Waals surface area (Å²) in [7, 11) is 3.72. The number of aryl methyl sites for hydroxylation is 1. The number of aromatic nitrogens is 2. The van der Waals surface area contributed by atoms with E-state index >= 15 is 0 Å². The number of hydrogen-bond donors (Lipinski definition) is 0. The van der Waals surface area contributed by atoms with E-state index in [2.05, 4.69) is 29.4 Å². The Kier molecular flexibility index (Phi) is 6.27. The predicted molar refractivity (Wildman–Crippen MR) is 107 cm³/mol. The lowest BCUT2D eigenvalue weighted by molar-refractivity contribution is -0.136. The molecule has 1 saturated heterocycles. The molecule has 1 amide bonds. The summed E-state index contributed by atoms with van der Waals surface area (Å²) < 4.78 is 1.26. The highest BCUT2D eigenvalue weighted by Crippen LogP contribution is 2.22. The van der Waals surface area contributed by atoms with Gasteiger partial charge in [0.05, 0.1) is 11.9 Å². The van der Waals surface area contributed by atoms with Gasteiger partial charge in [0.2, 0.25) is 5.91 Å². The SMILES string of the molecule is CN(C)c1cnn(CC(=O)N2CCCCC2CCc2ccccc2)c(=O)c1. The van der Waals surface area contributed by atoms with Crippen LogP contribution in [0.1, 0.15) is 31.2 Å². The van der Waals surface area contributed by atoms with Crippen molar-refractivity contribution >= 4 is 11.6 Å². The van der Waals surface area contributed by atoms with Gasteiger partial charge in [0.15, 0.2) is 0 Å². The maximum Gasteiger partial charge on any atom is 0.269 e. The van der Waals surface area contributed by atoms with E-state index in [1.807, 2.05) is 30.0 Å². The molecule has 6 heteroatoms. The molecular formula is C21H28N4O2. The van der Waals surface area contributed by atoms with Crippen LogP contribution in [0.4, 0.5) is 5.69 Å². The molecule has 6 nitrogen and oxygen atoms in total. The van der Waals surface area contributed by atoms with Crippen LogP contribution in [0.2, 0.25) is 0 Å². The van der Waals surface area contributed by atoms with Crippen molar-refractivity contribution in [3.63, 3.8) is 0 Å². The van der Waals surface area contributed by atoms with Gasteiger partial charge in [-0.2, -0.15) is 5.10 Å². The first-order valence-electron chi connectivity index (χ1n) is 9.62. The summed E-state index contributed by atoms with van der Waals surface area (Å²) in [5, 5.41) is 4.17. The van der Waals surface area contributed by atoms with Crippen LogP contribution >= 0.6 is 0 Å². The van der Waals surface area contributed by atoms with Crippen LogP contribution in [0.5, 0.6) is 0 Å². The van der Waals surface area contributed by atoms with Gasteiger partial charge < -0.3 is 9.80 Å². The summed E-state index contributed by atoms with van der Waals surface area (Å²) in [6, 6.07) is 12.1. The number of benzene rings is 1. The fraction of sp³-hybridized carbons (Fsp3) is 0.476. The fourth-order valence-electron chi connectivity index (χ4n) is 3.61. The molecule has 2 heterocycles. The average Bonchev–Trinajstić information content (AvgIpc) is 2.68. The monoisotopic (exact) mass is 368 g/mol. The lowest BCUT2D eigenvalue weighted by Gasteiger charge is -2.36. The third kappa shape index (κ3) is 4.96. The highest BCUT2D eigenvalue weighted by atomic mass is 16.2. The highest BCUT2D eigenvalue weighted by Gasteiger charge is 2.26. The van der Waals surface area contributed by atoms with Crippen molar-refractivity contribution in [2.24, 2.45) is 0 Å². The first-order chi connectivity index (χ1) is 13.0. The lowest BCUT2D eigenvalue weighted by Crippen LogP contribution is -2.46. The van der Waals surface area contributed by atoms with Gasteiger partial charge in [-0.1, -0.05) is 30.3 Å². The molecule has 1 aliphatic rings. The number of nitrogens with zero attached hydrogens (tertiary/aromatic N) is 4. The molecule has 0 N–H and O–H groups in total. The average molecular weight is 368 g/mol. The van der Waals surface area contributed by atoms with Crippen LogP contribution in [0, 0.1) is 0 Å². The van der Waals surface area contributed by atoms with Gasteiger partial charge in [0.25, 0.3) is 5.56 Å². The van der Waals surface area contributed by atoms with E-state index in [1.54, 1.807) is 6.20 Å². The number of rotatable bonds is 6. The highest BCUT2D eigenvalue weighted by molar-refractivity contribution is 5.76. The second kappa shape index (κ2) is 8.84. The number of hydrogen-bond acceptors (Lipinski definition) is 4. The molecule has 0 saturated carbocycles. The van der Waals surface area contributed by atoms with Crippen molar-refractivity contribution in [1.82, 2.24) is 14.7 Å². The maximum absolute atomic E-state index is 12.9. The normalized spacial score (nSPS) is 17.0. The molecule has 1 atom stereocenters. The Balaban J connectivity index is 1.65. The van der Waals surface area contributed by atoms with Crippen molar-refractivity contribution in [3.05, 3.63) is 58.5 Å². The van der Waals surface area contributed by atoms with Gasteiger partial charge >= 0.3 is 0 Å². The van der Waals surface area contributed by atoms with E-state index in [0.717, 1.165) is 44.3 Å². The zero-order valence-corrected chi connectivity index (χ0v) is 16.2. The van der Waals surface area contributed by atoms with E-state index < -0.39 is 0 Å². The van der Waals surface area contributed by atoms with Gasteiger partial charge in [-0.3, -0.25) is 9.59 Å². The van der Waals surface area contributed by atoms with Crippen LogP contribution in [0.25, 0.3) is 0 Å². The van der Waals surface area contributed by atoms with Crippen molar-refractivity contribution in [2.75, 3.05) is 25.5 Å². The van der Waals surface area contributed by atoms with Gasteiger partial charge in [0.1, 0.15) is 6.54 Å². The summed E-state index contributed by atoms with van der Waals surface area (Å²) in [6.45, 7) is 0.775. The molecule has 3 rings (SSSR count). The van der Waals surface area contributed by atoms with Crippen LogP contribution < -0.4 is 10.5 Å². The number of likely N-dealkylation sites (tertiary alicyclic amines) is 1. The molecule has 1 unspecified atom stereocenters. The van der Waals surface area contributed by atoms with Gasteiger partial charge in [-0.05, 0) is 37.7 Å². The third-order valence-electron chi connectivity index (χ3n) is 5.21. The second-order valence-corrected chi connectivity index (χ2v) is 7.37. The summed E-state index contributed by atoms with van der Waals surface area (Å²) >= 11 is 0. The Bertz CT molecular complexity index is 816. The Morgan fingerprint density at radius 3 is 2.70 bits per heavy atom. The Morgan fingerprint density at radius 1 is 1.22 bits per heavy atom. The van der Waals surface area contributed by atoms with E-state index in [-0.39, 0.29) is 24.1 Å². The van der Waals surface area contributed by atoms with Crippen LogP contribution in [-0.4, -0.2) is 47.3 Å². The fourth-order valence-corrected chi connectivity index (χ4v) is 3.61. The third-order valence-corrected chi connectivity index (χ3v) is 5.21. The molecule has 0 bridgehead atoms. The molecule has 1 aromatic carbocycles. The predicted octanol–water partition coefficient (Wildman–Crippen LogP) is 2.32. The molecule has 1 fully saturated rings. The second-order valence-electron chi connectivity index (χ2n) is 7.37. The van der Waals surface area contributed by atoms with Crippen molar-refractivity contribution < 1.29 is 4.79 Å². The topological polar surface area (TPSA) is 58.4 Å². The van der Waals surface area contributed by atoms with Crippen molar-refractivity contribution in [1.29, 1.82) is 0 Å². The Morgan fingerprint density at radius 2 is 2.00 bits per heavy atom. The smallest absolute Gasteiger partial charge is 0.269 e. The standard InChI is InChI=1S/C21H28N4O2/c1-23(2)19-14-20(26)25(22-15-19)16-21(27)24-13-7-6-10-18(24)12-11-17-8-4-3-5-9-17/h3-5,8-9,14-15,18H,6-7,10-13,16H2,1-2H3. The molecule has 2 aromatic rings. The first kappa shape index (κ1) is 19.1. The molecule has 144 valence electrons. The van der Waals surface area contributed by atoms with E-state index in [4.69, 9.17) is 0 Å². The van der Waals surface area contributed by atoms with E-state index in [1.165, 1.54) is 16.3 Å². The number of piperidine rings is 1. The first-order valence-corrected chi connectivity index (χ1v) is 9.62. The molecule has 27 heavy (non-hydrogen) atoms. The molecule has 1 aromatic heterocycles. The summed E-state index contributed by atoms with van der Waals surface area (Å²) in [5.41, 5.74) is 1.79. The van der Waals surface area contributed by atoms with Crippen molar-refractivity contribution in [2.45, 2.75) is 44.7 Å². The largest absolute Gasteiger partial charge is 0.376 e. The number of carbonyl (C=O) groups is 1. The van der Waals surface area contributed by atoms with Crippen LogP contribution in [-0.2, 0) is 17.8 Å². The molecule has 1 aliphatic heterocycles. The summed E-state index contributed by atoms with van der Waals surface area (Å²) in [4.78, 5) is 28.9. The zero-order valence-electron chi connectivity index (χ0n) is 16.2. The van der Waals surface area contributed by atoms with Gasteiger partial charge in [0, 0.05) is 32.7 Å². The quantitative estimate of drug-likeness (QED) is 0.785. The minimum atomic E-state index is -0.243. The van der Waals surface area contributed by atoms with Crippen LogP contribution in [0.3, 0.4) is 0 Å².